The molecule has 11 nitrogen and oxygen atoms in total. The second kappa shape index (κ2) is 45.5. The lowest BCUT2D eigenvalue weighted by Crippen LogP contribution is -2.61. The highest BCUT2D eigenvalue weighted by Gasteiger charge is 2.47. The number of amides is 1. The van der Waals surface area contributed by atoms with Crippen molar-refractivity contribution in [2.24, 2.45) is 0 Å². The molecule has 1 rings (SSSR count). The van der Waals surface area contributed by atoms with Crippen molar-refractivity contribution in [1.82, 2.24) is 5.32 Å². The van der Waals surface area contributed by atoms with Crippen LogP contribution in [0.15, 0.2) is 109 Å². The van der Waals surface area contributed by atoms with Crippen molar-refractivity contribution < 1.29 is 49.3 Å². The Morgan fingerprint density at radius 1 is 0.594 bits per heavy atom. The molecule has 8 atom stereocenters. The maximum absolute atomic E-state index is 13.3. The van der Waals surface area contributed by atoms with Gasteiger partial charge in [-0.3, -0.25) is 9.59 Å². The predicted octanol–water partition coefficient (Wildman–Crippen LogP) is 11.4. The van der Waals surface area contributed by atoms with E-state index in [9.17, 15) is 35.1 Å². The number of carbonyl (C=O) groups excluding carboxylic acids is 2. The number of ether oxygens (including phenoxy) is 3. The van der Waals surface area contributed by atoms with Gasteiger partial charge in [-0.15, -0.1) is 0 Å². The second-order valence-electron chi connectivity index (χ2n) is 18.0. The Balaban J connectivity index is 2.82. The number of esters is 1. The quantitative estimate of drug-likeness (QED) is 0.0149. The van der Waals surface area contributed by atoms with E-state index in [-0.39, 0.29) is 19.4 Å². The molecule has 69 heavy (non-hydrogen) atoms. The Hall–Kier alpha value is -3.68. The zero-order chi connectivity index (χ0) is 50.4. The summed E-state index contributed by atoms with van der Waals surface area (Å²) in [6.07, 6.45) is 50.1. The number of nitrogens with one attached hydrogen (secondary N) is 1. The van der Waals surface area contributed by atoms with Crippen LogP contribution in [0, 0.1) is 0 Å². The molecule has 1 amide bonds. The van der Waals surface area contributed by atoms with Crippen molar-refractivity contribution in [3.8, 4) is 0 Å². The molecule has 0 aromatic rings. The number of rotatable bonds is 42. The molecule has 0 aromatic heterocycles. The summed E-state index contributed by atoms with van der Waals surface area (Å²) in [5.74, 6) is -1.31. The monoisotopic (exact) mass is 966 g/mol. The third-order valence-corrected chi connectivity index (χ3v) is 11.8. The van der Waals surface area contributed by atoms with Gasteiger partial charge < -0.3 is 45.1 Å². The third-order valence-electron chi connectivity index (χ3n) is 11.8. The maximum atomic E-state index is 13.3. The Bertz CT molecular complexity index is 1530. The zero-order valence-corrected chi connectivity index (χ0v) is 42.9. The van der Waals surface area contributed by atoms with Crippen LogP contribution in [0.1, 0.15) is 181 Å². The molecule has 6 N–H and O–H groups in total. The molecule has 0 bridgehead atoms. The predicted molar refractivity (Wildman–Crippen MR) is 282 cm³/mol. The molecule has 0 aliphatic carbocycles. The fraction of sp³-hybridized carbons (Fsp3) is 0.655. The molecule has 11 heteroatoms. The van der Waals surface area contributed by atoms with Gasteiger partial charge in [-0.2, -0.15) is 0 Å². The summed E-state index contributed by atoms with van der Waals surface area (Å²) in [5.41, 5.74) is 0. The van der Waals surface area contributed by atoms with Crippen LogP contribution >= 0.6 is 0 Å². The minimum absolute atomic E-state index is 0.0828. The second-order valence-corrected chi connectivity index (χ2v) is 18.0. The van der Waals surface area contributed by atoms with Crippen molar-refractivity contribution in [2.75, 3.05) is 13.2 Å². The van der Waals surface area contributed by atoms with Crippen LogP contribution in [0.5, 0.6) is 0 Å². The van der Waals surface area contributed by atoms with E-state index in [1.165, 1.54) is 57.8 Å². The first kappa shape index (κ1) is 63.3. The van der Waals surface area contributed by atoms with Crippen molar-refractivity contribution >= 4 is 11.9 Å². The first-order valence-electron chi connectivity index (χ1n) is 26.7. The van der Waals surface area contributed by atoms with E-state index in [1.54, 1.807) is 6.08 Å². The first-order valence-corrected chi connectivity index (χ1v) is 26.7. The molecule has 1 aliphatic heterocycles. The molecule has 1 saturated heterocycles. The number of carbonyl (C=O) groups is 2. The largest absolute Gasteiger partial charge is 0.454 e. The lowest BCUT2D eigenvalue weighted by atomic mass is 9.99. The van der Waals surface area contributed by atoms with Gasteiger partial charge in [0, 0.05) is 6.42 Å². The van der Waals surface area contributed by atoms with Gasteiger partial charge in [0.05, 0.1) is 25.4 Å². The third kappa shape index (κ3) is 34.3. The topological polar surface area (TPSA) is 175 Å². The van der Waals surface area contributed by atoms with Gasteiger partial charge in [-0.25, -0.2) is 0 Å². The highest BCUT2D eigenvalue weighted by Crippen LogP contribution is 2.26. The average molecular weight is 966 g/mol. The molecule has 1 aliphatic rings. The fourth-order valence-electron chi connectivity index (χ4n) is 7.51. The molecule has 8 unspecified atom stereocenters. The van der Waals surface area contributed by atoms with Crippen LogP contribution in [0.2, 0.25) is 0 Å². The van der Waals surface area contributed by atoms with Crippen molar-refractivity contribution in [3.63, 3.8) is 0 Å². The fourth-order valence-corrected chi connectivity index (χ4v) is 7.51. The first-order chi connectivity index (χ1) is 33.7. The van der Waals surface area contributed by atoms with Crippen molar-refractivity contribution in [1.29, 1.82) is 0 Å². The van der Waals surface area contributed by atoms with Crippen molar-refractivity contribution in [3.05, 3.63) is 109 Å². The summed E-state index contributed by atoms with van der Waals surface area (Å²) in [6, 6.07) is -1.07. The number of aliphatic hydroxyl groups is 5. The minimum Gasteiger partial charge on any atom is -0.454 e. The number of hydrogen-bond donors (Lipinski definition) is 6. The van der Waals surface area contributed by atoms with Crippen LogP contribution in [0.25, 0.3) is 0 Å². The minimum atomic E-state index is -1.64. The molecule has 0 aromatic carbocycles. The maximum Gasteiger partial charge on any atom is 0.306 e. The number of allylic oxidation sites excluding steroid dienone is 17. The van der Waals surface area contributed by atoms with Gasteiger partial charge in [0.1, 0.15) is 24.4 Å². The summed E-state index contributed by atoms with van der Waals surface area (Å²) in [7, 11) is 0. The van der Waals surface area contributed by atoms with E-state index in [4.69, 9.17) is 14.2 Å². The van der Waals surface area contributed by atoms with Gasteiger partial charge in [0.15, 0.2) is 12.4 Å². The Morgan fingerprint density at radius 2 is 1.10 bits per heavy atom. The number of hydrogen-bond acceptors (Lipinski definition) is 10. The Labute approximate surface area is 418 Å². The molecule has 0 saturated carbocycles. The van der Waals surface area contributed by atoms with E-state index in [0.29, 0.717) is 12.8 Å². The zero-order valence-electron chi connectivity index (χ0n) is 42.9. The van der Waals surface area contributed by atoms with Crippen LogP contribution in [0.4, 0.5) is 0 Å². The summed E-state index contributed by atoms with van der Waals surface area (Å²) in [5, 5.41) is 56.5. The summed E-state index contributed by atoms with van der Waals surface area (Å²) < 4.78 is 17.5. The van der Waals surface area contributed by atoms with Crippen LogP contribution < -0.4 is 5.32 Å². The van der Waals surface area contributed by atoms with Crippen LogP contribution in [-0.2, 0) is 23.8 Å². The molecule has 392 valence electrons. The molecule has 0 radical (unpaired) electrons. The van der Waals surface area contributed by atoms with Gasteiger partial charge >= 0.3 is 5.97 Å². The average Bonchev–Trinajstić information content (AvgIpc) is 3.34. The SMILES string of the molecule is CC/C=C/C=C/C=C\C=C/C=C/CCC(O)C(=O)NC(COC1OC(CO)C(O)C(O)C1OC(=O)CCCCCC/C=C\C/C=C\C/C=C\CCCCC)C(O)/C=C/CCCCCCCCCCC. The standard InChI is InChI=1S/C58H95NO10/c1-4-7-10-13-16-19-22-24-25-26-27-28-31-34-37-40-43-46-53(63)69-56-55(65)54(64)52(47-60)68-58(56)67-48-49(50(61)44-41-38-35-32-29-21-18-15-12-9-6-3)59-57(66)51(62)45-42-39-36-33-30-23-20-17-14-11-8-5-2/h8,11,14,16-17,19-20,23-25,27-28,30,33,36,39,41,44,49-52,54-56,58,60-62,64-65H,4-7,9-10,12-13,15,18,21-22,26,29,31-32,34-35,37-38,40,42-43,45-48H2,1-3H3,(H,59,66)/b11-8+,17-14+,19-16-,23-20-,25-24-,28-27-,33-30-,39-36+,44-41+. The molecule has 0 spiro atoms. The molecule has 1 fully saturated rings. The molecular formula is C58H95NO10. The summed E-state index contributed by atoms with van der Waals surface area (Å²) >= 11 is 0. The summed E-state index contributed by atoms with van der Waals surface area (Å²) in [6.45, 7) is 5.50. The van der Waals surface area contributed by atoms with Crippen LogP contribution in [-0.4, -0.2) is 99.6 Å². The van der Waals surface area contributed by atoms with E-state index >= 15 is 0 Å². The number of unbranched alkanes of at least 4 members (excludes halogenated alkanes) is 16. The smallest absolute Gasteiger partial charge is 0.306 e. The van der Waals surface area contributed by atoms with Crippen LogP contribution in [0.3, 0.4) is 0 Å². The van der Waals surface area contributed by atoms with Gasteiger partial charge in [0.2, 0.25) is 5.91 Å². The van der Waals surface area contributed by atoms with E-state index in [0.717, 1.165) is 77.0 Å². The van der Waals surface area contributed by atoms with Crippen molar-refractivity contribution in [2.45, 2.75) is 230 Å². The molecule has 1 heterocycles. The van der Waals surface area contributed by atoms with Gasteiger partial charge in [0.25, 0.3) is 0 Å². The normalized spacial score (nSPS) is 20.7. The highest BCUT2D eigenvalue weighted by atomic mass is 16.7. The lowest BCUT2D eigenvalue weighted by molar-refractivity contribution is -0.305. The van der Waals surface area contributed by atoms with E-state index < -0.39 is 67.4 Å². The molecular weight excluding hydrogens is 871 g/mol. The van der Waals surface area contributed by atoms with Gasteiger partial charge in [-0.1, -0.05) is 207 Å². The Kier molecular flexibility index (Phi) is 41.7. The highest BCUT2D eigenvalue weighted by molar-refractivity contribution is 5.80. The number of aliphatic hydroxyl groups excluding tert-OH is 5. The van der Waals surface area contributed by atoms with Gasteiger partial charge in [-0.05, 0) is 77.0 Å². The lowest BCUT2D eigenvalue weighted by Gasteiger charge is -2.41. The Morgan fingerprint density at radius 3 is 1.70 bits per heavy atom. The van der Waals surface area contributed by atoms with E-state index in [1.807, 2.05) is 60.8 Å². The van der Waals surface area contributed by atoms with E-state index in [2.05, 4.69) is 68.6 Å². The summed E-state index contributed by atoms with van der Waals surface area (Å²) in [4.78, 5) is 26.3.